The van der Waals surface area contributed by atoms with E-state index in [1.54, 1.807) is 19.1 Å². The normalized spacial score (nSPS) is 9.58. The number of halogens is 1. The van der Waals surface area contributed by atoms with Gasteiger partial charge in [0, 0.05) is 0 Å². The third kappa shape index (κ3) is 1.82. The number of carbonyl (C=O) groups is 1. The Labute approximate surface area is 78.9 Å². The molecule has 0 aliphatic heterocycles. The summed E-state index contributed by atoms with van der Waals surface area (Å²) in [6.07, 6.45) is 0. The average Bonchev–Trinajstić information content (AvgIpc) is 2.03. The fourth-order valence-corrected chi connectivity index (χ4v) is 1.25. The van der Waals surface area contributed by atoms with E-state index in [0.29, 0.717) is 15.9 Å². The van der Waals surface area contributed by atoms with Crippen molar-refractivity contribution in [3.63, 3.8) is 0 Å². The van der Waals surface area contributed by atoms with Crippen molar-refractivity contribution in [1.82, 2.24) is 4.98 Å². The standard InChI is InChI=1S/C8H8BrNO2/c1-5-6(8(11)12-2)3-4-7(9)10-5/h3-4H,1-2H3. The number of aromatic nitrogens is 1. The summed E-state index contributed by atoms with van der Waals surface area (Å²) in [6, 6.07) is 3.39. The first kappa shape index (κ1) is 9.19. The van der Waals surface area contributed by atoms with Gasteiger partial charge in [0.2, 0.25) is 0 Å². The van der Waals surface area contributed by atoms with Crippen LogP contribution in [0, 0.1) is 6.92 Å². The molecule has 0 N–H and O–H groups in total. The summed E-state index contributed by atoms with van der Waals surface area (Å²) < 4.78 is 5.28. The van der Waals surface area contributed by atoms with E-state index in [9.17, 15) is 4.79 Å². The third-order valence-electron chi connectivity index (χ3n) is 1.46. The molecule has 3 nitrogen and oxygen atoms in total. The summed E-state index contributed by atoms with van der Waals surface area (Å²) in [5.41, 5.74) is 1.16. The van der Waals surface area contributed by atoms with Crippen molar-refractivity contribution in [2.75, 3.05) is 7.11 Å². The summed E-state index contributed by atoms with van der Waals surface area (Å²) >= 11 is 3.20. The van der Waals surface area contributed by atoms with Gasteiger partial charge in [0.05, 0.1) is 18.4 Å². The molecule has 0 aliphatic carbocycles. The lowest BCUT2D eigenvalue weighted by Crippen LogP contribution is -2.04. The number of hydrogen-bond donors (Lipinski definition) is 0. The second kappa shape index (κ2) is 3.67. The molecular formula is C8H8BrNO2. The fourth-order valence-electron chi connectivity index (χ4n) is 0.856. The lowest BCUT2D eigenvalue weighted by Gasteiger charge is -2.01. The lowest BCUT2D eigenvalue weighted by molar-refractivity contribution is 0.0599. The molecule has 12 heavy (non-hydrogen) atoms. The minimum absolute atomic E-state index is 0.354. The highest BCUT2D eigenvalue weighted by molar-refractivity contribution is 9.10. The van der Waals surface area contributed by atoms with Gasteiger partial charge in [-0.2, -0.15) is 0 Å². The molecule has 1 aromatic heterocycles. The average molecular weight is 230 g/mol. The fraction of sp³-hybridized carbons (Fsp3) is 0.250. The van der Waals surface area contributed by atoms with Gasteiger partial charge in [-0.25, -0.2) is 9.78 Å². The zero-order valence-corrected chi connectivity index (χ0v) is 8.38. The van der Waals surface area contributed by atoms with Crippen molar-refractivity contribution in [3.8, 4) is 0 Å². The second-order valence-corrected chi connectivity index (χ2v) is 3.07. The van der Waals surface area contributed by atoms with E-state index in [4.69, 9.17) is 0 Å². The lowest BCUT2D eigenvalue weighted by atomic mass is 10.2. The Morgan fingerprint density at radius 2 is 2.25 bits per heavy atom. The van der Waals surface area contributed by atoms with Crippen LogP contribution in [0.1, 0.15) is 16.1 Å². The smallest absolute Gasteiger partial charge is 0.339 e. The molecule has 0 radical (unpaired) electrons. The number of ether oxygens (including phenoxy) is 1. The Morgan fingerprint density at radius 1 is 1.58 bits per heavy atom. The molecule has 0 aliphatic rings. The molecule has 0 saturated heterocycles. The van der Waals surface area contributed by atoms with Crippen molar-refractivity contribution in [2.45, 2.75) is 6.92 Å². The van der Waals surface area contributed by atoms with Gasteiger partial charge in [-0.1, -0.05) is 0 Å². The molecule has 1 aromatic rings. The summed E-state index contributed by atoms with van der Waals surface area (Å²) in [7, 11) is 1.35. The van der Waals surface area contributed by atoms with E-state index >= 15 is 0 Å². The van der Waals surface area contributed by atoms with E-state index in [0.717, 1.165) is 0 Å². The van der Waals surface area contributed by atoms with Crippen LogP contribution in [0.4, 0.5) is 0 Å². The molecule has 0 saturated carbocycles. The Balaban J connectivity index is 3.09. The Hall–Kier alpha value is -0.900. The van der Waals surface area contributed by atoms with E-state index in [-0.39, 0.29) is 5.97 Å². The number of rotatable bonds is 1. The molecule has 0 unspecified atom stereocenters. The van der Waals surface area contributed by atoms with Gasteiger partial charge in [0.25, 0.3) is 0 Å². The number of pyridine rings is 1. The van der Waals surface area contributed by atoms with Crippen molar-refractivity contribution >= 4 is 21.9 Å². The summed E-state index contributed by atoms with van der Waals surface area (Å²) in [5, 5.41) is 0. The zero-order valence-electron chi connectivity index (χ0n) is 6.80. The molecule has 4 heteroatoms. The molecule has 1 heterocycles. The Kier molecular flexibility index (Phi) is 2.81. The van der Waals surface area contributed by atoms with Crippen molar-refractivity contribution < 1.29 is 9.53 Å². The van der Waals surface area contributed by atoms with Crippen LogP contribution in [0.5, 0.6) is 0 Å². The first-order valence-electron chi connectivity index (χ1n) is 3.36. The molecule has 0 bridgehead atoms. The zero-order chi connectivity index (χ0) is 9.14. The van der Waals surface area contributed by atoms with Gasteiger partial charge in [-0.3, -0.25) is 0 Å². The van der Waals surface area contributed by atoms with Crippen molar-refractivity contribution in [1.29, 1.82) is 0 Å². The Bertz CT molecular complexity index is 312. The van der Waals surface area contributed by atoms with Gasteiger partial charge in [-0.05, 0) is 35.0 Å². The minimum atomic E-state index is -0.354. The van der Waals surface area contributed by atoms with Crippen LogP contribution < -0.4 is 0 Å². The molecule has 0 atom stereocenters. The Morgan fingerprint density at radius 3 is 2.75 bits per heavy atom. The predicted molar refractivity (Wildman–Crippen MR) is 48.0 cm³/mol. The number of aryl methyl sites for hydroxylation is 1. The number of nitrogens with zero attached hydrogens (tertiary/aromatic N) is 1. The maximum absolute atomic E-state index is 11.1. The van der Waals surface area contributed by atoms with Gasteiger partial charge in [-0.15, -0.1) is 0 Å². The molecule has 0 aromatic carbocycles. The monoisotopic (exact) mass is 229 g/mol. The highest BCUT2D eigenvalue weighted by Crippen LogP contribution is 2.11. The predicted octanol–water partition coefficient (Wildman–Crippen LogP) is 1.94. The first-order chi connectivity index (χ1) is 5.65. The second-order valence-electron chi connectivity index (χ2n) is 2.26. The van der Waals surface area contributed by atoms with Crippen LogP contribution in [0.15, 0.2) is 16.7 Å². The number of hydrogen-bond acceptors (Lipinski definition) is 3. The highest BCUT2D eigenvalue weighted by atomic mass is 79.9. The van der Waals surface area contributed by atoms with E-state index in [1.165, 1.54) is 7.11 Å². The van der Waals surface area contributed by atoms with Crippen LogP contribution >= 0.6 is 15.9 Å². The molecule has 0 amide bonds. The number of carbonyl (C=O) groups excluding carboxylic acids is 1. The molecule has 0 spiro atoms. The first-order valence-corrected chi connectivity index (χ1v) is 4.16. The maximum atomic E-state index is 11.1. The van der Waals surface area contributed by atoms with Crippen LogP contribution in [0.3, 0.4) is 0 Å². The van der Waals surface area contributed by atoms with Crippen molar-refractivity contribution in [2.24, 2.45) is 0 Å². The maximum Gasteiger partial charge on any atom is 0.339 e. The van der Waals surface area contributed by atoms with E-state index in [2.05, 4.69) is 25.7 Å². The van der Waals surface area contributed by atoms with Crippen LogP contribution in [-0.2, 0) is 4.74 Å². The number of esters is 1. The SMILES string of the molecule is COC(=O)c1ccc(Br)nc1C. The molecular weight excluding hydrogens is 222 g/mol. The van der Waals surface area contributed by atoms with Gasteiger partial charge < -0.3 is 4.74 Å². The van der Waals surface area contributed by atoms with E-state index in [1.807, 2.05) is 0 Å². The van der Waals surface area contributed by atoms with Crippen LogP contribution in [0.2, 0.25) is 0 Å². The quantitative estimate of drug-likeness (QED) is 0.546. The van der Waals surface area contributed by atoms with Gasteiger partial charge >= 0.3 is 5.97 Å². The van der Waals surface area contributed by atoms with Gasteiger partial charge in [0.15, 0.2) is 0 Å². The van der Waals surface area contributed by atoms with Crippen molar-refractivity contribution in [3.05, 3.63) is 28.0 Å². The summed E-state index contributed by atoms with van der Waals surface area (Å²) in [6.45, 7) is 1.76. The number of methoxy groups -OCH3 is 1. The van der Waals surface area contributed by atoms with Crippen LogP contribution in [-0.4, -0.2) is 18.1 Å². The van der Waals surface area contributed by atoms with E-state index < -0.39 is 0 Å². The van der Waals surface area contributed by atoms with Crippen LogP contribution in [0.25, 0.3) is 0 Å². The largest absolute Gasteiger partial charge is 0.465 e. The molecule has 64 valence electrons. The minimum Gasteiger partial charge on any atom is -0.465 e. The molecule has 1 rings (SSSR count). The topological polar surface area (TPSA) is 39.2 Å². The third-order valence-corrected chi connectivity index (χ3v) is 1.90. The van der Waals surface area contributed by atoms with Gasteiger partial charge in [0.1, 0.15) is 4.60 Å². The summed E-state index contributed by atoms with van der Waals surface area (Å²) in [4.78, 5) is 15.1. The highest BCUT2D eigenvalue weighted by Gasteiger charge is 2.09. The summed E-state index contributed by atoms with van der Waals surface area (Å²) in [5.74, 6) is -0.354. The molecule has 0 fully saturated rings.